The van der Waals surface area contributed by atoms with Gasteiger partial charge in [0.05, 0.1) is 0 Å². The van der Waals surface area contributed by atoms with Crippen LogP contribution in [0.3, 0.4) is 0 Å². The number of hydrogen-bond acceptors (Lipinski definition) is 2. The Morgan fingerprint density at radius 2 is 1.75 bits per heavy atom. The number of aryl methyl sites for hydroxylation is 1. The van der Waals surface area contributed by atoms with E-state index in [0.29, 0.717) is 0 Å². The van der Waals surface area contributed by atoms with Gasteiger partial charge in [-0.1, -0.05) is 35.9 Å². The fraction of sp³-hybridized carbons (Fsp3) is 0.214. The minimum Gasteiger partial charge on any atom is -0.309 e. The van der Waals surface area contributed by atoms with Gasteiger partial charge in [-0.2, -0.15) is 0 Å². The maximum Gasteiger partial charge on any atom is 0.0312 e. The fourth-order valence-corrected chi connectivity index (χ4v) is 1.56. The van der Waals surface area contributed by atoms with Crippen LogP contribution in [-0.2, 0) is 13.1 Å². The topological polar surface area (TPSA) is 24.9 Å². The monoisotopic (exact) mass is 212 g/mol. The molecular formula is C14H16N2. The minimum absolute atomic E-state index is 0.863. The summed E-state index contributed by atoms with van der Waals surface area (Å²) in [6.45, 7) is 3.86. The molecule has 2 nitrogen and oxygen atoms in total. The SMILES string of the molecule is Cc1ccc(CNCc2cccnc2)cc1. The van der Waals surface area contributed by atoms with Crippen LogP contribution in [0, 0.1) is 6.92 Å². The van der Waals surface area contributed by atoms with E-state index in [0.717, 1.165) is 13.1 Å². The van der Waals surface area contributed by atoms with Crippen LogP contribution in [-0.4, -0.2) is 4.98 Å². The Morgan fingerprint density at radius 1 is 1.00 bits per heavy atom. The van der Waals surface area contributed by atoms with Gasteiger partial charge in [0, 0.05) is 25.5 Å². The van der Waals surface area contributed by atoms with Crippen LogP contribution in [0.15, 0.2) is 48.8 Å². The zero-order chi connectivity index (χ0) is 11.2. The lowest BCUT2D eigenvalue weighted by molar-refractivity contribution is 0.691. The molecule has 0 aliphatic rings. The molecule has 0 unspecified atom stereocenters. The van der Waals surface area contributed by atoms with Gasteiger partial charge in [-0.05, 0) is 24.1 Å². The first-order valence-electron chi connectivity index (χ1n) is 5.50. The number of aromatic nitrogens is 1. The second kappa shape index (κ2) is 5.42. The van der Waals surface area contributed by atoms with E-state index in [4.69, 9.17) is 0 Å². The fourth-order valence-electron chi connectivity index (χ4n) is 1.56. The first kappa shape index (κ1) is 10.8. The van der Waals surface area contributed by atoms with Crippen molar-refractivity contribution in [2.45, 2.75) is 20.0 Å². The highest BCUT2D eigenvalue weighted by molar-refractivity contribution is 5.21. The number of nitrogens with one attached hydrogen (secondary N) is 1. The third kappa shape index (κ3) is 3.17. The van der Waals surface area contributed by atoms with E-state index in [1.54, 1.807) is 6.20 Å². The average Bonchev–Trinajstić information content (AvgIpc) is 2.33. The first-order valence-corrected chi connectivity index (χ1v) is 5.50. The molecule has 82 valence electrons. The van der Waals surface area contributed by atoms with Crippen molar-refractivity contribution in [1.82, 2.24) is 10.3 Å². The Labute approximate surface area is 96.4 Å². The van der Waals surface area contributed by atoms with Crippen LogP contribution in [0.1, 0.15) is 16.7 Å². The zero-order valence-corrected chi connectivity index (χ0v) is 9.48. The van der Waals surface area contributed by atoms with Crippen molar-refractivity contribution in [1.29, 1.82) is 0 Å². The largest absolute Gasteiger partial charge is 0.309 e. The normalized spacial score (nSPS) is 10.3. The van der Waals surface area contributed by atoms with Crippen LogP contribution in [0.25, 0.3) is 0 Å². The number of benzene rings is 1. The molecule has 0 fully saturated rings. The van der Waals surface area contributed by atoms with E-state index in [1.165, 1.54) is 16.7 Å². The van der Waals surface area contributed by atoms with Crippen LogP contribution in [0.4, 0.5) is 0 Å². The van der Waals surface area contributed by atoms with Crippen molar-refractivity contribution in [3.63, 3.8) is 0 Å². The summed E-state index contributed by atoms with van der Waals surface area (Å²) in [7, 11) is 0. The first-order chi connectivity index (χ1) is 7.84. The van der Waals surface area contributed by atoms with Gasteiger partial charge in [-0.25, -0.2) is 0 Å². The average molecular weight is 212 g/mol. The second-order valence-electron chi connectivity index (χ2n) is 3.95. The van der Waals surface area contributed by atoms with Crippen molar-refractivity contribution in [3.05, 3.63) is 65.5 Å². The maximum absolute atomic E-state index is 4.08. The summed E-state index contributed by atoms with van der Waals surface area (Å²) in [6.07, 6.45) is 3.69. The molecule has 2 heteroatoms. The van der Waals surface area contributed by atoms with Crippen LogP contribution in [0.2, 0.25) is 0 Å². The Kier molecular flexibility index (Phi) is 3.67. The molecule has 2 rings (SSSR count). The minimum atomic E-state index is 0.863. The summed E-state index contributed by atoms with van der Waals surface area (Å²) in [5.41, 5.74) is 3.83. The molecule has 0 saturated heterocycles. The van der Waals surface area contributed by atoms with Gasteiger partial charge < -0.3 is 5.32 Å². The Bertz CT molecular complexity index is 420. The Balaban J connectivity index is 1.82. The Morgan fingerprint density at radius 3 is 2.44 bits per heavy atom. The molecule has 16 heavy (non-hydrogen) atoms. The van der Waals surface area contributed by atoms with Crippen molar-refractivity contribution in [3.8, 4) is 0 Å². The van der Waals surface area contributed by atoms with Crippen LogP contribution in [0.5, 0.6) is 0 Å². The lowest BCUT2D eigenvalue weighted by Gasteiger charge is -2.05. The molecular weight excluding hydrogens is 196 g/mol. The van der Waals surface area contributed by atoms with Crippen LogP contribution < -0.4 is 5.32 Å². The second-order valence-corrected chi connectivity index (χ2v) is 3.95. The maximum atomic E-state index is 4.08. The van der Waals surface area contributed by atoms with E-state index in [9.17, 15) is 0 Å². The molecule has 1 N–H and O–H groups in total. The molecule has 1 heterocycles. The molecule has 0 atom stereocenters. The van der Waals surface area contributed by atoms with Gasteiger partial charge in [0.1, 0.15) is 0 Å². The molecule has 0 bridgehead atoms. The quantitative estimate of drug-likeness (QED) is 0.842. The number of nitrogens with zero attached hydrogens (tertiary/aromatic N) is 1. The predicted octanol–water partition coefficient (Wildman–Crippen LogP) is 2.68. The molecule has 0 amide bonds. The molecule has 1 aromatic carbocycles. The third-order valence-electron chi connectivity index (χ3n) is 2.50. The van der Waals surface area contributed by atoms with E-state index in [1.807, 2.05) is 12.3 Å². The highest BCUT2D eigenvalue weighted by Gasteiger charge is 1.93. The smallest absolute Gasteiger partial charge is 0.0312 e. The summed E-state index contributed by atoms with van der Waals surface area (Å²) in [5.74, 6) is 0. The van der Waals surface area contributed by atoms with Gasteiger partial charge in [0.25, 0.3) is 0 Å². The number of rotatable bonds is 4. The summed E-state index contributed by atoms with van der Waals surface area (Å²) >= 11 is 0. The lowest BCUT2D eigenvalue weighted by atomic mass is 10.1. The van der Waals surface area contributed by atoms with E-state index in [2.05, 4.69) is 47.6 Å². The lowest BCUT2D eigenvalue weighted by Crippen LogP contribution is -2.12. The van der Waals surface area contributed by atoms with Gasteiger partial charge in [0.2, 0.25) is 0 Å². The number of hydrogen-bond donors (Lipinski definition) is 1. The summed E-state index contributed by atoms with van der Waals surface area (Å²) in [5, 5.41) is 3.40. The van der Waals surface area contributed by atoms with Gasteiger partial charge >= 0.3 is 0 Å². The van der Waals surface area contributed by atoms with Gasteiger partial charge in [0.15, 0.2) is 0 Å². The highest BCUT2D eigenvalue weighted by Crippen LogP contribution is 2.03. The highest BCUT2D eigenvalue weighted by atomic mass is 14.8. The molecule has 1 aromatic heterocycles. The molecule has 0 radical (unpaired) electrons. The molecule has 0 aliphatic heterocycles. The van der Waals surface area contributed by atoms with Crippen molar-refractivity contribution < 1.29 is 0 Å². The van der Waals surface area contributed by atoms with E-state index >= 15 is 0 Å². The van der Waals surface area contributed by atoms with Gasteiger partial charge in [-0.3, -0.25) is 4.98 Å². The molecule has 2 aromatic rings. The van der Waals surface area contributed by atoms with Crippen LogP contribution >= 0.6 is 0 Å². The van der Waals surface area contributed by atoms with Crippen molar-refractivity contribution in [2.24, 2.45) is 0 Å². The van der Waals surface area contributed by atoms with E-state index < -0.39 is 0 Å². The standard InChI is InChI=1S/C14H16N2/c1-12-4-6-13(7-5-12)9-16-11-14-3-2-8-15-10-14/h2-8,10,16H,9,11H2,1H3. The zero-order valence-electron chi connectivity index (χ0n) is 9.48. The number of pyridine rings is 1. The van der Waals surface area contributed by atoms with Gasteiger partial charge in [-0.15, -0.1) is 0 Å². The summed E-state index contributed by atoms with van der Waals surface area (Å²) < 4.78 is 0. The van der Waals surface area contributed by atoms with E-state index in [-0.39, 0.29) is 0 Å². The summed E-state index contributed by atoms with van der Waals surface area (Å²) in [6, 6.07) is 12.6. The predicted molar refractivity (Wildman–Crippen MR) is 66.0 cm³/mol. The van der Waals surface area contributed by atoms with Crippen molar-refractivity contribution in [2.75, 3.05) is 0 Å². The molecule has 0 saturated carbocycles. The Hall–Kier alpha value is -1.67. The summed E-state index contributed by atoms with van der Waals surface area (Å²) in [4.78, 5) is 4.08. The molecule has 0 spiro atoms. The third-order valence-corrected chi connectivity index (χ3v) is 2.50. The van der Waals surface area contributed by atoms with Crippen molar-refractivity contribution >= 4 is 0 Å². The molecule has 0 aliphatic carbocycles.